The largest absolute Gasteiger partial charge is 0.458 e. The van der Waals surface area contributed by atoms with Crippen molar-refractivity contribution in [2.45, 2.75) is 69.7 Å². The maximum Gasteiger partial charge on any atom is 0.334 e. The summed E-state index contributed by atoms with van der Waals surface area (Å²) in [7, 11) is 0. The Bertz CT molecular complexity index is 715. The number of hydrogen-bond acceptors (Lipinski definition) is 8. The molecule has 0 amide bonds. The van der Waals surface area contributed by atoms with Gasteiger partial charge in [-0.05, 0) is 27.2 Å². The van der Waals surface area contributed by atoms with Crippen molar-refractivity contribution in [2.24, 2.45) is 11.8 Å². The zero-order valence-electron chi connectivity index (χ0n) is 16.4. The van der Waals surface area contributed by atoms with Crippen molar-refractivity contribution in [3.63, 3.8) is 0 Å². The number of hydrogen-bond donors (Lipinski definition) is 3. The molecular formula is C20H28O8. The SMILES string of the molecule is C=C1C(=O)O[C@@H]2C[C@@H](CO)[C@]3(O)C[C@H](O)[C@](C)(C[C@@H](OC(=O)/C(C)=C\C)[C@@H]12)O3. The molecule has 3 aliphatic heterocycles. The first-order valence-electron chi connectivity index (χ1n) is 9.49. The van der Waals surface area contributed by atoms with Crippen LogP contribution in [0.1, 0.15) is 40.0 Å². The van der Waals surface area contributed by atoms with E-state index in [0.29, 0.717) is 5.57 Å². The Kier molecular flexibility index (Phi) is 5.44. The number of ether oxygens (including phenoxy) is 3. The highest BCUT2D eigenvalue weighted by Crippen LogP contribution is 2.49. The highest BCUT2D eigenvalue weighted by Gasteiger charge is 2.61. The summed E-state index contributed by atoms with van der Waals surface area (Å²) in [6.45, 7) is 8.33. The maximum atomic E-state index is 12.4. The lowest BCUT2D eigenvalue weighted by Crippen LogP contribution is -2.44. The molecule has 0 aromatic carbocycles. The molecule has 0 saturated carbocycles. The summed E-state index contributed by atoms with van der Waals surface area (Å²) in [5.41, 5.74) is -0.673. The monoisotopic (exact) mass is 396 g/mol. The molecule has 3 aliphatic rings. The predicted octanol–water partition coefficient (Wildman–Crippen LogP) is 0.593. The van der Waals surface area contributed by atoms with Gasteiger partial charge < -0.3 is 29.5 Å². The molecule has 0 aliphatic carbocycles. The molecule has 3 rings (SSSR count). The Balaban J connectivity index is 2.03. The van der Waals surface area contributed by atoms with E-state index in [9.17, 15) is 24.9 Å². The second-order valence-corrected chi connectivity index (χ2v) is 8.21. The average Bonchev–Trinajstić information content (AvgIpc) is 3.04. The van der Waals surface area contributed by atoms with Gasteiger partial charge in [-0.15, -0.1) is 0 Å². The first kappa shape index (κ1) is 21.0. The third-order valence-electron chi connectivity index (χ3n) is 6.32. The van der Waals surface area contributed by atoms with Crippen molar-refractivity contribution < 1.29 is 39.1 Å². The molecular weight excluding hydrogens is 368 g/mol. The number of aliphatic hydroxyl groups excluding tert-OH is 2. The van der Waals surface area contributed by atoms with E-state index in [1.807, 2.05) is 0 Å². The fourth-order valence-corrected chi connectivity index (χ4v) is 4.41. The Labute approximate surface area is 163 Å². The Morgan fingerprint density at radius 3 is 2.71 bits per heavy atom. The maximum absolute atomic E-state index is 12.4. The zero-order chi connectivity index (χ0) is 20.9. The smallest absolute Gasteiger partial charge is 0.334 e. The number of allylic oxidation sites excluding steroid dienone is 1. The van der Waals surface area contributed by atoms with Crippen molar-refractivity contribution in [3.05, 3.63) is 23.8 Å². The van der Waals surface area contributed by atoms with E-state index in [1.54, 1.807) is 26.8 Å². The lowest BCUT2D eigenvalue weighted by atomic mass is 9.77. The van der Waals surface area contributed by atoms with Crippen LogP contribution in [0.2, 0.25) is 0 Å². The molecule has 28 heavy (non-hydrogen) atoms. The Morgan fingerprint density at radius 2 is 2.11 bits per heavy atom. The standard InChI is InChI=1S/C20H28O8/c1-5-10(2)17(23)27-14-7-19(4)15(22)8-20(25,28-19)12(9-21)6-13-16(14)11(3)18(24)26-13/h5,12-16,21-22,25H,3,6-9H2,1-2,4H3/b10-5-/t12-,13+,14+,15-,16-,19-,20-/m0/s1. The summed E-state index contributed by atoms with van der Waals surface area (Å²) in [5.74, 6) is -4.38. The minimum Gasteiger partial charge on any atom is -0.458 e. The van der Waals surface area contributed by atoms with E-state index >= 15 is 0 Å². The molecule has 8 nitrogen and oxygen atoms in total. The zero-order valence-corrected chi connectivity index (χ0v) is 16.4. The Morgan fingerprint density at radius 1 is 1.43 bits per heavy atom. The topological polar surface area (TPSA) is 123 Å². The molecule has 7 atom stereocenters. The van der Waals surface area contributed by atoms with Gasteiger partial charge in [0.15, 0.2) is 5.79 Å². The second kappa shape index (κ2) is 7.26. The second-order valence-electron chi connectivity index (χ2n) is 8.21. The lowest BCUT2D eigenvalue weighted by Gasteiger charge is -2.34. The average molecular weight is 396 g/mol. The van der Waals surface area contributed by atoms with Gasteiger partial charge in [0, 0.05) is 29.9 Å². The predicted molar refractivity (Wildman–Crippen MR) is 96.7 cm³/mol. The third-order valence-corrected chi connectivity index (χ3v) is 6.32. The quantitative estimate of drug-likeness (QED) is 0.468. The van der Waals surface area contributed by atoms with E-state index in [2.05, 4.69) is 6.58 Å². The van der Waals surface area contributed by atoms with E-state index < -0.39 is 60.1 Å². The normalized spacial score (nSPS) is 43.6. The van der Waals surface area contributed by atoms with Crippen LogP contribution in [0.25, 0.3) is 0 Å². The van der Waals surface area contributed by atoms with E-state index in [-0.39, 0.29) is 24.8 Å². The van der Waals surface area contributed by atoms with Gasteiger partial charge in [-0.2, -0.15) is 0 Å². The summed E-state index contributed by atoms with van der Waals surface area (Å²) in [4.78, 5) is 24.6. The lowest BCUT2D eigenvalue weighted by molar-refractivity contribution is -0.260. The molecule has 0 radical (unpaired) electrons. The number of fused-ring (bicyclic) bond motifs is 3. The van der Waals surface area contributed by atoms with Crippen molar-refractivity contribution in [1.82, 2.24) is 0 Å². The first-order chi connectivity index (χ1) is 13.0. The summed E-state index contributed by atoms with van der Waals surface area (Å²) in [6.07, 6.45) is -0.993. The highest BCUT2D eigenvalue weighted by molar-refractivity contribution is 5.91. The summed E-state index contributed by atoms with van der Waals surface area (Å²) >= 11 is 0. The van der Waals surface area contributed by atoms with Crippen molar-refractivity contribution in [3.8, 4) is 0 Å². The molecule has 0 aromatic rings. The molecule has 0 spiro atoms. The molecule has 3 heterocycles. The van der Waals surface area contributed by atoms with Crippen LogP contribution in [-0.4, -0.2) is 63.6 Å². The molecule has 2 bridgehead atoms. The fourth-order valence-electron chi connectivity index (χ4n) is 4.41. The molecule has 3 N–H and O–H groups in total. The van der Waals surface area contributed by atoms with Gasteiger partial charge in [-0.3, -0.25) is 0 Å². The van der Waals surface area contributed by atoms with E-state index in [1.165, 1.54) is 0 Å². The third kappa shape index (κ3) is 3.39. The highest BCUT2D eigenvalue weighted by atomic mass is 16.7. The van der Waals surface area contributed by atoms with Gasteiger partial charge in [-0.1, -0.05) is 12.7 Å². The van der Waals surface area contributed by atoms with Crippen LogP contribution in [0.4, 0.5) is 0 Å². The summed E-state index contributed by atoms with van der Waals surface area (Å²) < 4.78 is 17.0. The number of esters is 2. The van der Waals surface area contributed by atoms with Gasteiger partial charge >= 0.3 is 11.9 Å². The van der Waals surface area contributed by atoms with Crippen LogP contribution in [0, 0.1) is 11.8 Å². The van der Waals surface area contributed by atoms with Gasteiger partial charge in [0.2, 0.25) is 0 Å². The minimum absolute atomic E-state index is 0.0359. The summed E-state index contributed by atoms with van der Waals surface area (Å²) in [5, 5.41) is 31.4. The van der Waals surface area contributed by atoms with Crippen LogP contribution in [0.5, 0.6) is 0 Å². The molecule has 3 saturated heterocycles. The van der Waals surface area contributed by atoms with E-state index in [0.717, 1.165) is 0 Å². The molecule has 3 fully saturated rings. The van der Waals surface area contributed by atoms with Crippen LogP contribution < -0.4 is 0 Å². The first-order valence-corrected chi connectivity index (χ1v) is 9.49. The number of carbonyl (C=O) groups is 2. The van der Waals surface area contributed by atoms with Crippen LogP contribution in [0.3, 0.4) is 0 Å². The molecule has 0 unspecified atom stereocenters. The number of carbonyl (C=O) groups excluding carboxylic acids is 2. The van der Waals surface area contributed by atoms with Crippen molar-refractivity contribution >= 4 is 11.9 Å². The van der Waals surface area contributed by atoms with Gasteiger partial charge in [0.25, 0.3) is 0 Å². The van der Waals surface area contributed by atoms with Crippen molar-refractivity contribution in [1.29, 1.82) is 0 Å². The minimum atomic E-state index is -1.78. The summed E-state index contributed by atoms with van der Waals surface area (Å²) in [6, 6.07) is 0. The van der Waals surface area contributed by atoms with Crippen LogP contribution in [-0.2, 0) is 23.8 Å². The fraction of sp³-hybridized carbons (Fsp3) is 0.700. The number of rotatable bonds is 3. The van der Waals surface area contributed by atoms with Gasteiger partial charge in [0.1, 0.15) is 12.2 Å². The van der Waals surface area contributed by atoms with Crippen molar-refractivity contribution in [2.75, 3.05) is 6.61 Å². The van der Waals surface area contributed by atoms with Gasteiger partial charge in [0.05, 0.1) is 24.2 Å². The van der Waals surface area contributed by atoms with Crippen LogP contribution in [0.15, 0.2) is 23.8 Å². The molecule has 156 valence electrons. The molecule has 8 heteroatoms. The van der Waals surface area contributed by atoms with Crippen LogP contribution >= 0.6 is 0 Å². The van der Waals surface area contributed by atoms with E-state index in [4.69, 9.17) is 14.2 Å². The molecule has 0 aromatic heterocycles. The Hall–Kier alpha value is -1.74. The number of aliphatic hydroxyl groups is 3. The van der Waals surface area contributed by atoms with Gasteiger partial charge in [-0.25, -0.2) is 9.59 Å².